The molecule has 23 heavy (non-hydrogen) atoms. The zero-order chi connectivity index (χ0) is 17.0. The molecule has 0 bridgehead atoms. The van der Waals surface area contributed by atoms with Gasteiger partial charge in [-0.3, -0.25) is 4.79 Å². The van der Waals surface area contributed by atoms with Crippen molar-refractivity contribution < 1.29 is 4.79 Å². The lowest BCUT2D eigenvalue weighted by Crippen LogP contribution is -2.37. The monoisotopic (exact) mass is 309 g/mol. The Hall–Kier alpha value is -2.09. The molecule has 0 aliphatic heterocycles. The van der Waals surface area contributed by atoms with Crippen molar-refractivity contribution >= 4 is 5.91 Å². The predicted molar refractivity (Wildman–Crippen MR) is 96.9 cm³/mol. The number of aryl methyl sites for hydroxylation is 2. The van der Waals surface area contributed by atoms with Gasteiger partial charge in [0, 0.05) is 11.6 Å². The molecule has 1 atom stereocenters. The normalized spacial score (nSPS) is 12.7. The number of nitrogens with one attached hydrogen (secondary N) is 1. The molecule has 0 saturated carbocycles. The second-order valence-electron chi connectivity index (χ2n) is 7.15. The quantitative estimate of drug-likeness (QED) is 0.845. The highest BCUT2D eigenvalue weighted by Crippen LogP contribution is 2.28. The van der Waals surface area contributed by atoms with Crippen LogP contribution in [-0.2, 0) is 5.41 Å². The van der Waals surface area contributed by atoms with E-state index < -0.39 is 0 Å². The minimum Gasteiger partial charge on any atom is -0.350 e. The van der Waals surface area contributed by atoms with E-state index in [0.717, 1.165) is 23.1 Å². The van der Waals surface area contributed by atoms with Gasteiger partial charge in [-0.1, -0.05) is 61.9 Å². The molecule has 1 N–H and O–H groups in total. The summed E-state index contributed by atoms with van der Waals surface area (Å²) in [5.41, 5.74) is 4.22. The maximum absolute atomic E-state index is 12.5. The topological polar surface area (TPSA) is 29.1 Å². The van der Waals surface area contributed by atoms with Crippen LogP contribution in [0.3, 0.4) is 0 Å². The summed E-state index contributed by atoms with van der Waals surface area (Å²) in [4.78, 5) is 12.5. The Bertz CT molecular complexity index is 673. The zero-order valence-corrected chi connectivity index (χ0v) is 14.8. The molecule has 0 fully saturated rings. The average molecular weight is 309 g/mol. The van der Waals surface area contributed by atoms with E-state index >= 15 is 0 Å². The first-order valence-corrected chi connectivity index (χ1v) is 8.23. The molecule has 0 aromatic heterocycles. The van der Waals surface area contributed by atoms with Gasteiger partial charge in [0.15, 0.2) is 0 Å². The highest BCUT2D eigenvalue weighted by atomic mass is 16.1. The van der Waals surface area contributed by atoms with E-state index in [9.17, 15) is 4.79 Å². The van der Waals surface area contributed by atoms with Gasteiger partial charge in [-0.05, 0) is 49.8 Å². The van der Waals surface area contributed by atoms with Gasteiger partial charge in [0.05, 0.1) is 0 Å². The lowest BCUT2D eigenvalue weighted by molar-refractivity contribution is 0.0934. The van der Waals surface area contributed by atoms with E-state index in [1.165, 1.54) is 5.56 Å². The Morgan fingerprint density at radius 2 is 1.74 bits per heavy atom. The van der Waals surface area contributed by atoms with Crippen molar-refractivity contribution in [2.75, 3.05) is 0 Å². The first-order valence-electron chi connectivity index (χ1n) is 8.23. The van der Waals surface area contributed by atoms with Crippen molar-refractivity contribution in [1.29, 1.82) is 0 Å². The van der Waals surface area contributed by atoms with E-state index in [0.29, 0.717) is 0 Å². The van der Waals surface area contributed by atoms with Gasteiger partial charge in [-0.2, -0.15) is 0 Å². The number of amides is 1. The van der Waals surface area contributed by atoms with Gasteiger partial charge < -0.3 is 5.32 Å². The summed E-state index contributed by atoms with van der Waals surface area (Å²) in [5.74, 6) is 0.0163. The van der Waals surface area contributed by atoms with Crippen LogP contribution < -0.4 is 5.32 Å². The molecule has 2 rings (SSSR count). The van der Waals surface area contributed by atoms with Crippen molar-refractivity contribution in [3.05, 3.63) is 70.8 Å². The van der Waals surface area contributed by atoms with Gasteiger partial charge in [-0.25, -0.2) is 0 Å². The van der Waals surface area contributed by atoms with Crippen LogP contribution in [-0.4, -0.2) is 11.9 Å². The number of hydrogen-bond acceptors (Lipinski definition) is 1. The third-order valence-electron chi connectivity index (χ3n) is 4.39. The molecule has 0 saturated heterocycles. The molecule has 2 aromatic rings. The van der Waals surface area contributed by atoms with Crippen LogP contribution in [0.4, 0.5) is 0 Å². The molecule has 122 valence electrons. The van der Waals surface area contributed by atoms with Gasteiger partial charge in [0.25, 0.3) is 5.91 Å². The Balaban J connectivity index is 2.06. The lowest BCUT2D eigenvalue weighted by atomic mass is 9.79. The molecule has 0 unspecified atom stereocenters. The number of benzene rings is 2. The van der Waals surface area contributed by atoms with Crippen LogP contribution >= 0.6 is 0 Å². The van der Waals surface area contributed by atoms with Crippen LogP contribution in [0.25, 0.3) is 0 Å². The van der Waals surface area contributed by atoms with E-state index in [2.05, 4.69) is 50.4 Å². The van der Waals surface area contributed by atoms with Crippen molar-refractivity contribution in [3.63, 3.8) is 0 Å². The van der Waals surface area contributed by atoms with E-state index in [-0.39, 0.29) is 17.4 Å². The molecule has 0 heterocycles. The second-order valence-corrected chi connectivity index (χ2v) is 7.15. The largest absolute Gasteiger partial charge is 0.350 e. The number of carbonyl (C=O) groups is 1. The fraction of sp³-hybridized carbons (Fsp3) is 0.381. The van der Waals surface area contributed by atoms with Gasteiger partial charge in [0.1, 0.15) is 0 Å². The summed E-state index contributed by atoms with van der Waals surface area (Å²) in [6.07, 6.45) is 0.896. The van der Waals surface area contributed by atoms with E-state index in [1.54, 1.807) is 0 Å². The fourth-order valence-corrected chi connectivity index (χ4v) is 3.11. The SMILES string of the molecule is Cc1ccc(C)c(C(=O)N[C@H](C)CC(C)(C)c2ccccc2)c1. The molecular formula is C21H27NO. The smallest absolute Gasteiger partial charge is 0.251 e. The molecule has 2 aromatic carbocycles. The number of hydrogen-bond donors (Lipinski definition) is 1. The molecule has 0 aliphatic carbocycles. The Morgan fingerprint density at radius 3 is 2.39 bits per heavy atom. The Kier molecular flexibility index (Phi) is 5.25. The van der Waals surface area contributed by atoms with Gasteiger partial charge in [0.2, 0.25) is 0 Å². The Morgan fingerprint density at radius 1 is 1.09 bits per heavy atom. The van der Waals surface area contributed by atoms with Crippen LogP contribution in [0.5, 0.6) is 0 Å². The molecule has 2 nitrogen and oxygen atoms in total. The molecule has 1 amide bonds. The number of carbonyl (C=O) groups excluding carboxylic acids is 1. The van der Waals surface area contributed by atoms with Gasteiger partial charge in [-0.15, -0.1) is 0 Å². The third-order valence-corrected chi connectivity index (χ3v) is 4.39. The van der Waals surface area contributed by atoms with E-state index in [1.807, 2.05) is 38.1 Å². The van der Waals surface area contributed by atoms with Crippen LogP contribution in [0, 0.1) is 13.8 Å². The highest BCUT2D eigenvalue weighted by Gasteiger charge is 2.24. The Labute approximate surface area is 139 Å². The molecule has 0 aliphatic rings. The minimum absolute atomic E-state index is 0.0163. The summed E-state index contributed by atoms with van der Waals surface area (Å²) < 4.78 is 0. The standard InChI is InChI=1S/C21H27NO/c1-15-11-12-16(2)19(13-15)20(23)22-17(3)14-21(4,5)18-9-7-6-8-10-18/h6-13,17H,14H2,1-5H3,(H,22,23)/t17-/m1/s1. The summed E-state index contributed by atoms with van der Waals surface area (Å²) in [6.45, 7) is 10.5. The van der Waals surface area contributed by atoms with Crippen LogP contribution in [0.15, 0.2) is 48.5 Å². The summed E-state index contributed by atoms with van der Waals surface area (Å²) in [6, 6.07) is 16.6. The summed E-state index contributed by atoms with van der Waals surface area (Å²) in [5, 5.41) is 3.15. The highest BCUT2D eigenvalue weighted by molar-refractivity contribution is 5.96. The molecule has 2 heteroatoms. The second kappa shape index (κ2) is 6.99. The average Bonchev–Trinajstić information content (AvgIpc) is 2.50. The summed E-state index contributed by atoms with van der Waals surface area (Å²) in [7, 11) is 0. The third kappa shape index (κ3) is 4.44. The zero-order valence-electron chi connectivity index (χ0n) is 14.8. The predicted octanol–water partition coefficient (Wildman–Crippen LogP) is 4.79. The van der Waals surface area contributed by atoms with Crippen molar-refractivity contribution in [1.82, 2.24) is 5.32 Å². The molecule has 0 radical (unpaired) electrons. The van der Waals surface area contributed by atoms with Crippen molar-refractivity contribution in [3.8, 4) is 0 Å². The van der Waals surface area contributed by atoms with Crippen LogP contribution in [0.1, 0.15) is 54.2 Å². The molecular weight excluding hydrogens is 282 g/mol. The van der Waals surface area contributed by atoms with Gasteiger partial charge >= 0.3 is 0 Å². The lowest BCUT2D eigenvalue weighted by Gasteiger charge is -2.29. The maximum Gasteiger partial charge on any atom is 0.251 e. The maximum atomic E-state index is 12.5. The van der Waals surface area contributed by atoms with Crippen LogP contribution in [0.2, 0.25) is 0 Å². The minimum atomic E-state index is 0.0163. The first-order chi connectivity index (χ1) is 10.8. The fourth-order valence-electron chi connectivity index (χ4n) is 3.11. The van der Waals surface area contributed by atoms with Crippen molar-refractivity contribution in [2.24, 2.45) is 0 Å². The number of rotatable bonds is 5. The molecule has 0 spiro atoms. The van der Waals surface area contributed by atoms with E-state index in [4.69, 9.17) is 0 Å². The first kappa shape index (κ1) is 17.3. The van der Waals surface area contributed by atoms with Crippen molar-refractivity contribution in [2.45, 2.75) is 52.5 Å². The summed E-state index contributed by atoms with van der Waals surface area (Å²) >= 11 is 0.